The number of nitrogens with one attached hydrogen (secondary N) is 1. The van der Waals surface area contributed by atoms with Crippen molar-refractivity contribution >= 4 is 35.4 Å². The Morgan fingerprint density at radius 2 is 1.85 bits per heavy atom. The van der Waals surface area contributed by atoms with Crippen molar-refractivity contribution in [3.63, 3.8) is 0 Å². The van der Waals surface area contributed by atoms with Crippen LogP contribution in [0.25, 0.3) is 0 Å². The summed E-state index contributed by atoms with van der Waals surface area (Å²) in [6.07, 6.45) is 0.00261. The van der Waals surface area contributed by atoms with E-state index in [0.29, 0.717) is 30.9 Å². The van der Waals surface area contributed by atoms with E-state index in [0.717, 1.165) is 31.0 Å². The number of piperazine rings is 1. The van der Waals surface area contributed by atoms with Crippen LogP contribution < -0.4 is 10.2 Å². The van der Waals surface area contributed by atoms with E-state index < -0.39 is 35.8 Å². The van der Waals surface area contributed by atoms with Crippen LogP contribution in [0.3, 0.4) is 0 Å². The zero-order valence-corrected chi connectivity index (χ0v) is 18.5. The van der Waals surface area contributed by atoms with Gasteiger partial charge in [-0.05, 0) is 31.5 Å². The Balaban J connectivity index is 1.43. The van der Waals surface area contributed by atoms with Gasteiger partial charge >= 0.3 is 6.09 Å². The first-order valence-electron chi connectivity index (χ1n) is 11.0. The second-order valence-electron chi connectivity index (χ2n) is 8.53. The molecule has 2 fully saturated rings. The lowest BCUT2D eigenvalue weighted by Gasteiger charge is -2.37. The summed E-state index contributed by atoms with van der Waals surface area (Å²) in [6.45, 7) is 4.06. The normalized spacial score (nSPS) is 21.3. The molecule has 5 amide bonds. The Bertz CT molecular complexity index is 1000. The Labute approximate surface area is 190 Å². The average Bonchev–Trinajstić information content (AvgIpc) is 3.04. The lowest BCUT2D eigenvalue weighted by Crippen LogP contribution is -2.54. The number of rotatable bonds is 6. The van der Waals surface area contributed by atoms with Crippen LogP contribution in [-0.2, 0) is 9.59 Å². The number of carbonyl (C=O) groups excluding carboxylic acids is 4. The topological polar surface area (TPSA) is 131 Å². The van der Waals surface area contributed by atoms with Crippen molar-refractivity contribution in [2.24, 2.45) is 0 Å². The molecule has 2 N–H and O–H groups in total. The first-order chi connectivity index (χ1) is 15.8. The minimum atomic E-state index is -0.983. The highest BCUT2D eigenvalue weighted by atomic mass is 16.4. The van der Waals surface area contributed by atoms with E-state index >= 15 is 0 Å². The Morgan fingerprint density at radius 3 is 2.52 bits per heavy atom. The predicted molar refractivity (Wildman–Crippen MR) is 117 cm³/mol. The van der Waals surface area contributed by atoms with Crippen molar-refractivity contribution < 1.29 is 29.1 Å². The molecule has 1 unspecified atom stereocenters. The van der Waals surface area contributed by atoms with E-state index in [1.165, 1.54) is 4.90 Å². The van der Waals surface area contributed by atoms with Gasteiger partial charge in [-0.25, -0.2) is 4.79 Å². The molecule has 0 radical (unpaired) electrons. The number of carbonyl (C=O) groups is 5. The van der Waals surface area contributed by atoms with E-state index in [1.807, 2.05) is 6.07 Å². The Hall–Kier alpha value is -3.47. The largest absolute Gasteiger partial charge is 0.465 e. The van der Waals surface area contributed by atoms with Crippen LogP contribution in [0.5, 0.6) is 0 Å². The van der Waals surface area contributed by atoms with E-state index in [-0.39, 0.29) is 18.4 Å². The fourth-order valence-corrected chi connectivity index (χ4v) is 4.60. The molecule has 4 rings (SSSR count). The summed E-state index contributed by atoms with van der Waals surface area (Å²) in [5.74, 6) is -2.03. The van der Waals surface area contributed by atoms with E-state index in [9.17, 15) is 24.0 Å². The molecule has 3 aliphatic heterocycles. The van der Waals surface area contributed by atoms with Crippen molar-refractivity contribution in [1.82, 2.24) is 20.0 Å². The summed E-state index contributed by atoms with van der Waals surface area (Å²) in [7, 11) is 1.55. The molecular weight excluding hydrogens is 430 g/mol. The van der Waals surface area contributed by atoms with Crippen LogP contribution in [0.15, 0.2) is 18.2 Å². The number of amides is 5. The maximum atomic E-state index is 13.3. The summed E-state index contributed by atoms with van der Waals surface area (Å²) in [5, 5.41) is 11.1. The highest BCUT2D eigenvalue weighted by Gasteiger charge is 2.46. The number of hydrogen-bond acceptors (Lipinski definition) is 7. The molecule has 1 aromatic rings. The summed E-state index contributed by atoms with van der Waals surface area (Å²) < 4.78 is 0. The summed E-state index contributed by atoms with van der Waals surface area (Å²) in [4.78, 5) is 67.5. The van der Waals surface area contributed by atoms with Gasteiger partial charge < -0.3 is 14.9 Å². The SMILES string of the molecule is CN(CCCN1CCN(c2cccc3c2C(=O)N(C2CCC(=O)NC2=O)C3=O)CC1)C(=O)O. The molecule has 1 aromatic carbocycles. The van der Waals surface area contributed by atoms with Crippen molar-refractivity contribution in [3.05, 3.63) is 29.3 Å². The number of carboxylic acid groups (broad SMARTS) is 1. The standard InChI is InChI=1S/C22H27N5O6/c1-24(22(32)33)8-3-9-25-10-12-26(13-11-25)15-5-2-4-14-18(15)21(31)27(20(14)30)16-6-7-17(28)23-19(16)29/h2,4-5,16H,3,6-13H2,1H3,(H,32,33)(H,23,28,29). The highest BCUT2D eigenvalue weighted by Crippen LogP contribution is 2.34. The van der Waals surface area contributed by atoms with E-state index in [1.54, 1.807) is 19.2 Å². The average molecular weight is 457 g/mol. The van der Waals surface area contributed by atoms with Crippen molar-refractivity contribution in [2.75, 3.05) is 51.2 Å². The first kappa shape index (κ1) is 22.7. The number of benzene rings is 1. The van der Waals surface area contributed by atoms with Gasteiger partial charge in [0.1, 0.15) is 6.04 Å². The molecule has 33 heavy (non-hydrogen) atoms. The number of hydrogen-bond donors (Lipinski definition) is 2. The van der Waals surface area contributed by atoms with Gasteiger partial charge in [0.05, 0.1) is 16.8 Å². The first-order valence-corrected chi connectivity index (χ1v) is 11.0. The second-order valence-corrected chi connectivity index (χ2v) is 8.53. The molecule has 0 aromatic heterocycles. The number of anilines is 1. The van der Waals surface area contributed by atoms with Gasteiger partial charge in [0.25, 0.3) is 11.8 Å². The maximum absolute atomic E-state index is 13.3. The molecule has 11 heteroatoms. The molecule has 0 spiro atoms. The molecular formula is C22H27N5O6. The molecule has 1 atom stereocenters. The summed E-state index contributed by atoms with van der Waals surface area (Å²) in [5.41, 5.74) is 1.26. The van der Waals surface area contributed by atoms with Crippen LogP contribution in [0, 0.1) is 0 Å². The predicted octanol–water partition coefficient (Wildman–Crippen LogP) is 0.210. The summed E-state index contributed by atoms with van der Waals surface area (Å²) in [6, 6.07) is 4.17. The molecule has 2 saturated heterocycles. The monoisotopic (exact) mass is 457 g/mol. The third kappa shape index (κ3) is 4.40. The second kappa shape index (κ2) is 9.18. The Kier molecular flexibility index (Phi) is 6.32. The zero-order chi connectivity index (χ0) is 23.7. The smallest absolute Gasteiger partial charge is 0.407 e. The Morgan fingerprint density at radius 1 is 1.12 bits per heavy atom. The van der Waals surface area contributed by atoms with Crippen LogP contribution in [0.1, 0.15) is 40.0 Å². The van der Waals surface area contributed by atoms with Crippen molar-refractivity contribution in [1.29, 1.82) is 0 Å². The number of imide groups is 2. The minimum absolute atomic E-state index is 0.0842. The number of nitrogens with zero attached hydrogens (tertiary/aromatic N) is 4. The highest BCUT2D eigenvalue weighted by molar-refractivity contribution is 6.25. The molecule has 0 saturated carbocycles. The van der Waals surface area contributed by atoms with Crippen LogP contribution in [0.2, 0.25) is 0 Å². The fourth-order valence-electron chi connectivity index (χ4n) is 4.60. The fraction of sp³-hybridized carbons (Fsp3) is 0.500. The van der Waals surface area contributed by atoms with Crippen molar-refractivity contribution in [3.8, 4) is 0 Å². The van der Waals surface area contributed by atoms with Gasteiger partial charge in [-0.15, -0.1) is 0 Å². The lowest BCUT2D eigenvalue weighted by atomic mass is 10.0. The summed E-state index contributed by atoms with van der Waals surface area (Å²) >= 11 is 0. The zero-order valence-electron chi connectivity index (χ0n) is 18.5. The van der Waals surface area contributed by atoms with Gasteiger partial charge in [0.15, 0.2) is 0 Å². The quantitative estimate of drug-likeness (QED) is 0.580. The van der Waals surface area contributed by atoms with E-state index in [4.69, 9.17) is 5.11 Å². The van der Waals surface area contributed by atoms with E-state index in [2.05, 4.69) is 15.1 Å². The molecule has 176 valence electrons. The lowest BCUT2D eigenvalue weighted by molar-refractivity contribution is -0.136. The molecule has 3 aliphatic rings. The molecule has 0 aliphatic carbocycles. The van der Waals surface area contributed by atoms with Gasteiger partial charge in [-0.2, -0.15) is 0 Å². The van der Waals surface area contributed by atoms with Crippen LogP contribution >= 0.6 is 0 Å². The molecule has 3 heterocycles. The minimum Gasteiger partial charge on any atom is -0.465 e. The molecule has 0 bridgehead atoms. The van der Waals surface area contributed by atoms with Gasteiger partial charge in [-0.1, -0.05) is 6.07 Å². The number of fused-ring (bicyclic) bond motifs is 1. The maximum Gasteiger partial charge on any atom is 0.407 e. The van der Waals surface area contributed by atoms with Crippen LogP contribution in [0.4, 0.5) is 10.5 Å². The van der Waals surface area contributed by atoms with Crippen molar-refractivity contribution in [2.45, 2.75) is 25.3 Å². The third-order valence-electron chi connectivity index (χ3n) is 6.45. The van der Waals surface area contributed by atoms with Gasteiger partial charge in [-0.3, -0.25) is 34.3 Å². The van der Waals surface area contributed by atoms with Gasteiger partial charge in [0, 0.05) is 46.2 Å². The number of piperidine rings is 1. The molecule has 11 nitrogen and oxygen atoms in total. The van der Waals surface area contributed by atoms with Crippen LogP contribution in [-0.4, -0.2) is 102 Å². The van der Waals surface area contributed by atoms with Gasteiger partial charge in [0.2, 0.25) is 11.8 Å². The third-order valence-corrected chi connectivity index (χ3v) is 6.45.